The van der Waals surface area contributed by atoms with Gasteiger partial charge in [-0.3, -0.25) is 0 Å². The fourth-order valence-electron chi connectivity index (χ4n) is 2.23. The molecule has 2 aromatic heterocycles. The Bertz CT molecular complexity index is 815. The first kappa shape index (κ1) is 14.2. The lowest BCUT2D eigenvalue weighted by atomic mass is 10.1. The normalized spacial score (nSPS) is 10.8. The van der Waals surface area contributed by atoms with Crippen LogP contribution in [0.1, 0.15) is 23.0 Å². The van der Waals surface area contributed by atoms with Gasteiger partial charge in [-0.05, 0) is 13.0 Å². The summed E-state index contributed by atoms with van der Waals surface area (Å²) >= 11 is 0. The number of alkyl halides is 1. The van der Waals surface area contributed by atoms with E-state index in [0.717, 1.165) is 5.56 Å². The Hall–Kier alpha value is -2.76. The summed E-state index contributed by atoms with van der Waals surface area (Å²) in [4.78, 5) is 16.4. The van der Waals surface area contributed by atoms with Crippen LogP contribution >= 0.6 is 0 Å². The van der Waals surface area contributed by atoms with Crippen molar-refractivity contribution in [2.45, 2.75) is 13.6 Å². The van der Waals surface area contributed by atoms with Crippen LogP contribution in [0.15, 0.2) is 42.6 Å². The van der Waals surface area contributed by atoms with Crippen molar-refractivity contribution in [3.8, 4) is 11.3 Å². The molecule has 0 aliphatic rings. The SMILES string of the molecule is CCOC(=O)c1cnn2c(CF)cc(-c3ccccc3)nc12. The van der Waals surface area contributed by atoms with E-state index in [1.807, 2.05) is 30.3 Å². The Morgan fingerprint density at radius 2 is 2.09 bits per heavy atom. The molecule has 0 N–H and O–H groups in total. The molecule has 0 aliphatic carbocycles. The van der Waals surface area contributed by atoms with Crippen LogP contribution in [0.3, 0.4) is 0 Å². The predicted molar refractivity (Wildman–Crippen MR) is 79.2 cm³/mol. The fraction of sp³-hybridized carbons (Fsp3) is 0.188. The van der Waals surface area contributed by atoms with Gasteiger partial charge in [-0.1, -0.05) is 30.3 Å². The highest BCUT2D eigenvalue weighted by Crippen LogP contribution is 2.22. The first-order chi connectivity index (χ1) is 10.7. The number of benzene rings is 1. The number of halogens is 1. The van der Waals surface area contributed by atoms with Gasteiger partial charge in [-0.2, -0.15) is 5.10 Å². The summed E-state index contributed by atoms with van der Waals surface area (Å²) < 4.78 is 19.6. The third kappa shape index (κ3) is 2.43. The molecule has 22 heavy (non-hydrogen) atoms. The zero-order valence-electron chi connectivity index (χ0n) is 12.0. The number of hydrogen-bond donors (Lipinski definition) is 0. The van der Waals surface area contributed by atoms with Gasteiger partial charge in [0.25, 0.3) is 0 Å². The zero-order chi connectivity index (χ0) is 15.5. The lowest BCUT2D eigenvalue weighted by molar-refractivity contribution is 0.0528. The molecule has 0 fully saturated rings. The first-order valence-electron chi connectivity index (χ1n) is 6.90. The summed E-state index contributed by atoms with van der Waals surface area (Å²) in [5.41, 5.74) is 2.30. The number of rotatable bonds is 4. The van der Waals surface area contributed by atoms with Crippen LogP contribution in [0.5, 0.6) is 0 Å². The standard InChI is InChI=1S/C16H14FN3O2/c1-2-22-16(21)13-10-18-20-12(9-17)8-14(19-15(13)20)11-6-4-3-5-7-11/h3-8,10H,2,9H2,1H3. The van der Waals surface area contributed by atoms with Crippen LogP contribution in [-0.4, -0.2) is 27.2 Å². The lowest BCUT2D eigenvalue weighted by Gasteiger charge is -2.06. The highest BCUT2D eigenvalue weighted by Gasteiger charge is 2.18. The van der Waals surface area contributed by atoms with E-state index in [9.17, 15) is 9.18 Å². The van der Waals surface area contributed by atoms with Crippen LogP contribution < -0.4 is 0 Å². The van der Waals surface area contributed by atoms with Gasteiger partial charge in [0.1, 0.15) is 12.2 Å². The average Bonchev–Trinajstić information content (AvgIpc) is 2.99. The summed E-state index contributed by atoms with van der Waals surface area (Å²) in [5, 5.41) is 4.04. The number of hydrogen-bond acceptors (Lipinski definition) is 4. The smallest absolute Gasteiger partial charge is 0.343 e. The molecule has 3 rings (SSSR count). The second-order valence-corrected chi connectivity index (χ2v) is 4.65. The summed E-state index contributed by atoms with van der Waals surface area (Å²) in [6.07, 6.45) is 1.36. The summed E-state index contributed by atoms with van der Waals surface area (Å²) in [6, 6.07) is 11.0. The highest BCUT2D eigenvalue weighted by molar-refractivity contribution is 5.95. The van der Waals surface area contributed by atoms with E-state index in [-0.39, 0.29) is 12.2 Å². The molecular formula is C16H14FN3O2. The van der Waals surface area contributed by atoms with E-state index in [2.05, 4.69) is 10.1 Å². The van der Waals surface area contributed by atoms with E-state index in [1.165, 1.54) is 10.7 Å². The van der Waals surface area contributed by atoms with Crippen molar-refractivity contribution in [2.75, 3.05) is 6.61 Å². The van der Waals surface area contributed by atoms with Crippen LogP contribution in [0.2, 0.25) is 0 Å². The number of carbonyl (C=O) groups is 1. The molecule has 0 aliphatic heterocycles. The van der Waals surface area contributed by atoms with Crippen molar-refractivity contribution in [3.63, 3.8) is 0 Å². The Morgan fingerprint density at radius 3 is 2.77 bits per heavy atom. The minimum atomic E-state index is -0.706. The van der Waals surface area contributed by atoms with Gasteiger partial charge >= 0.3 is 5.97 Å². The summed E-state index contributed by atoms with van der Waals surface area (Å²) in [7, 11) is 0. The van der Waals surface area contributed by atoms with Crippen LogP contribution in [0.4, 0.5) is 4.39 Å². The van der Waals surface area contributed by atoms with Gasteiger partial charge in [0.15, 0.2) is 5.65 Å². The number of ether oxygens (including phenoxy) is 1. The van der Waals surface area contributed by atoms with Gasteiger partial charge in [0, 0.05) is 5.56 Å². The third-order valence-electron chi connectivity index (χ3n) is 3.25. The number of nitrogens with zero attached hydrogens (tertiary/aromatic N) is 3. The minimum absolute atomic E-state index is 0.231. The zero-order valence-corrected chi connectivity index (χ0v) is 12.0. The Balaban J connectivity index is 2.20. The first-order valence-corrected chi connectivity index (χ1v) is 6.90. The number of aromatic nitrogens is 3. The predicted octanol–water partition coefficient (Wildman–Crippen LogP) is 3.04. The Labute approximate surface area is 126 Å². The van der Waals surface area contributed by atoms with Gasteiger partial charge in [-0.25, -0.2) is 18.7 Å². The maximum absolute atomic E-state index is 13.3. The molecule has 0 bridgehead atoms. The van der Waals surface area contributed by atoms with Crippen molar-refractivity contribution >= 4 is 11.6 Å². The molecule has 6 heteroatoms. The maximum atomic E-state index is 13.3. The average molecular weight is 299 g/mol. The van der Waals surface area contributed by atoms with E-state index in [1.54, 1.807) is 13.0 Å². The molecule has 3 aromatic rings. The second kappa shape index (κ2) is 5.93. The number of esters is 1. The number of carbonyl (C=O) groups excluding carboxylic acids is 1. The molecule has 0 spiro atoms. The Morgan fingerprint density at radius 1 is 1.32 bits per heavy atom. The van der Waals surface area contributed by atoms with E-state index < -0.39 is 12.6 Å². The Kier molecular flexibility index (Phi) is 3.82. The van der Waals surface area contributed by atoms with Crippen molar-refractivity contribution in [1.29, 1.82) is 0 Å². The molecule has 0 unspecified atom stereocenters. The monoisotopic (exact) mass is 299 g/mol. The second-order valence-electron chi connectivity index (χ2n) is 4.65. The molecule has 0 radical (unpaired) electrons. The topological polar surface area (TPSA) is 56.5 Å². The van der Waals surface area contributed by atoms with Crippen molar-refractivity contribution in [2.24, 2.45) is 0 Å². The van der Waals surface area contributed by atoms with E-state index in [4.69, 9.17) is 4.74 Å². The maximum Gasteiger partial charge on any atom is 0.343 e. The molecule has 0 atom stereocenters. The molecule has 2 heterocycles. The van der Waals surface area contributed by atoms with Gasteiger partial charge in [0.05, 0.1) is 24.2 Å². The fourth-order valence-corrected chi connectivity index (χ4v) is 2.23. The largest absolute Gasteiger partial charge is 0.462 e. The highest BCUT2D eigenvalue weighted by atomic mass is 19.1. The van der Waals surface area contributed by atoms with Gasteiger partial charge in [0.2, 0.25) is 0 Å². The summed E-state index contributed by atoms with van der Waals surface area (Å²) in [5.74, 6) is -0.514. The van der Waals surface area contributed by atoms with Gasteiger partial charge < -0.3 is 4.74 Å². The van der Waals surface area contributed by atoms with Crippen LogP contribution in [-0.2, 0) is 11.4 Å². The van der Waals surface area contributed by atoms with Gasteiger partial charge in [-0.15, -0.1) is 0 Å². The number of fused-ring (bicyclic) bond motifs is 1. The molecule has 0 saturated heterocycles. The van der Waals surface area contributed by atoms with Crippen molar-refractivity contribution in [1.82, 2.24) is 14.6 Å². The van der Waals surface area contributed by atoms with E-state index >= 15 is 0 Å². The molecule has 5 nitrogen and oxygen atoms in total. The molecular weight excluding hydrogens is 285 g/mol. The van der Waals surface area contributed by atoms with Crippen molar-refractivity contribution in [3.05, 3.63) is 53.9 Å². The van der Waals surface area contributed by atoms with Crippen LogP contribution in [0, 0.1) is 0 Å². The van der Waals surface area contributed by atoms with Crippen LogP contribution in [0.25, 0.3) is 16.9 Å². The molecule has 1 aromatic carbocycles. The summed E-state index contributed by atoms with van der Waals surface area (Å²) in [6.45, 7) is 1.27. The third-order valence-corrected chi connectivity index (χ3v) is 3.25. The van der Waals surface area contributed by atoms with E-state index in [0.29, 0.717) is 17.0 Å². The molecule has 112 valence electrons. The quantitative estimate of drug-likeness (QED) is 0.695. The molecule has 0 saturated carbocycles. The van der Waals surface area contributed by atoms with Crippen molar-refractivity contribution < 1.29 is 13.9 Å². The molecule has 0 amide bonds. The lowest BCUT2D eigenvalue weighted by Crippen LogP contribution is -2.06. The minimum Gasteiger partial charge on any atom is -0.462 e.